The van der Waals surface area contributed by atoms with Crippen LogP contribution >= 0.6 is 21.6 Å². The van der Waals surface area contributed by atoms with Crippen LogP contribution in [0.25, 0.3) is 0 Å². The number of rotatable bonds is 13. The van der Waals surface area contributed by atoms with Crippen LogP contribution in [0.3, 0.4) is 0 Å². The number of hydrogen-bond donors (Lipinski definition) is 2. The number of nitrogens with one attached hydrogen (secondary N) is 2. The number of anilines is 2. The van der Waals surface area contributed by atoms with Gasteiger partial charge in [-0.05, 0) is 85.6 Å². The molecule has 2 N–H and O–H groups in total. The Kier molecular flexibility index (Phi) is 11.0. The Morgan fingerprint density at radius 1 is 0.575 bits per heavy atom. The second kappa shape index (κ2) is 15.1. The van der Waals surface area contributed by atoms with Gasteiger partial charge in [-0.2, -0.15) is 0 Å². The number of hydrogen-bond acceptors (Lipinski definition) is 6. The number of carbonyl (C=O) groups excluding carboxylic acids is 2. The predicted octanol–water partition coefficient (Wildman–Crippen LogP) is 8.57. The van der Waals surface area contributed by atoms with E-state index in [2.05, 4.69) is 24.5 Å². The topological polar surface area (TPSA) is 76.7 Å². The minimum atomic E-state index is -0.205. The third-order valence-electron chi connectivity index (χ3n) is 5.65. The van der Waals surface area contributed by atoms with Crippen LogP contribution in [0.2, 0.25) is 0 Å². The van der Waals surface area contributed by atoms with Crippen molar-refractivity contribution in [3.8, 4) is 11.5 Å². The maximum absolute atomic E-state index is 13.1. The van der Waals surface area contributed by atoms with Gasteiger partial charge < -0.3 is 20.1 Å². The first kappa shape index (κ1) is 29.1. The van der Waals surface area contributed by atoms with Crippen molar-refractivity contribution in [2.24, 2.45) is 0 Å². The molecule has 0 aliphatic rings. The van der Waals surface area contributed by atoms with E-state index in [1.807, 2.05) is 84.9 Å². The smallest absolute Gasteiger partial charge is 0.256 e. The van der Waals surface area contributed by atoms with Crippen LogP contribution in [0.4, 0.5) is 11.4 Å². The SMILES string of the molecule is CCCOc1ccc(NC(=O)c2ccccc2SSc2ccccc2C(=O)Nc2ccc(OCCC)cc2)cc1. The van der Waals surface area contributed by atoms with Crippen LogP contribution in [0.1, 0.15) is 47.4 Å². The Morgan fingerprint density at radius 2 is 0.950 bits per heavy atom. The Hall–Kier alpha value is -3.88. The van der Waals surface area contributed by atoms with Gasteiger partial charge in [-0.25, -0.2) is 0 Å². The van der Waals surface area contributed by atoms with E-state index in [0.717, 1.165) is 34.1 Å². The third-order valence-corrected chi connectivity index (χ3v) is 8.14. The molecule has 0 radical (unpaired) electrons. The van der Waals surface area contributed by atoms with Gasteiger partial charge in [0.2, 0.25) is 0 Å². The van der Waals surface area contributed by atoms with E-state index in [0.29, 0.717) is 35.7 Å². The Labute approximate surface area is 243 Å². The lowest BCUT2D eigenvalue weighted by molar-refractivity contribution is 0.101. The highest BCUT2D eigenvalue weighted by atomic mass is 33.1. The fourth-order valence-corrected chi connectivity index (χ4v) is 6.01. The van der Waals surface area contributed by atoms with E-state index in [1.54, 1.807) is 12.1 Å². The highest BCUT2D eigenvalue weighted by Crippen LogP contribution is 2.40. The lowest BCUT2D eigenvalue weighted by Crippen LogP contribution is -2.13. The molecular weight excluding hydrogens is 540 g/mol. The average molecular weight is 573 g/mol. The summed E-state index contributed by atoms with van der Waals surface area (Å²) in [5.41, 5.74) is 2.49. The summed E-state index contributed by atoms with van der Waals surface area (Å²) >= 11 is 0. The number of ether oxygens (including phenoxy) is 2. The second-order valence-corrected chi connectivity index (χ2v) is 11.0. The molecule has 4 aromatic rings. The van der Waals surface area contributed by atoms with Gasteiger partial charge in [0.15, 0.2) is 0 Å². The van der Waals surface area contributed by atoms with Gasteiger partial charge in [0.05, 0.1) is 24.3 Å². The first-order chi connectivity index (χ1) is 19.6. The second-order valence-electron chi connectivity index (χ2n) is 8.81. The summed E-state index contributed by atoms with van der Waals surface area (Å²) in [4.78, 5) is 27.8. The first-order valence-electron chi connectivity index (χ1n) is 13.2. The lowest BCUT2D eigenvalue weighted by atomic mass is 10.2. The van der Waals surface area contributed by atoms with Crippen LogP contribution in [-0.4, -0.2) is 25.0 Å². The maximum atomic E-state index is 13.1. The molecular formula is C32H32N2O4S2. The molecule has 4 aromatic carbocycles. The molecule has 206 valence electrons. The summed E-state index contributed by atoms with van der Waals surface area (Å²) in [6.45, 7) is 5.42. The van der Waals surface area contributed by atoms with Crippen molar-refractivity contribution in [1.29, 1.82) is 0 Å². The minimum Gasteiger partial charge on any atom is -0.494 e. The molecule has 0 aromatic heterocycles. The molecule has 0 aliphatic heterocycles. The summed E-state index contributed by atoms with van der Waals surface area (Å²) in [6.07, 6.45) is 1.87. The van der Waals surface area contributed by atoms with E-state index < -0.39 is 0 Å². The van der Waals surface area contributed by atoms with E-state index >= 15 is 0 Å². The van der Waals surface area contributed by atoms with Gasteiger partial charge in [0.25, 0.3) is 11.8 Å². The van der Waals surface area contributed by atoms with E-state index in [9.17, 15) is 9.59 Å². The molecule has 0 saturated heterocycles. The summed E-state index contributed by atoms with van der Waals surface area (Å²) in [7, 11) is 2.87. The van der Waals surface area contributed by atoms with Crippen molar-refractivity contribution in [3.05, 3.63) is 108 Å². The van der Waals surface area contributed by atoms with Gasteiger partial charge in [0, 0.05) is 21.2 Å². The molecule has 0 aliphatic carbocycles. The van der Waals surface area contributed by atoms with Crippen molar-refractivity contribution < 1.29 is 19.1 Å². The van der Waals surface area contributed by atoms with Gasteiger partial charge in [-0.1, -0.05) is 59.7 Å². The van der Waals surface area contributed by atoms with Crippen molar-refractivity contribution in [1.82, 2.24) is 0 Å². The Balaban J connectivity index is 1.41. The predicted molar refractivity (Wildman–Crippen MR) is 165 cm³/mol. The Morgan fingerprint density at radius 3 is 1.32 bits per heavy atom. The Bertz CT molecular complexity index is 1300. The van der Waals surface area contributed by atoms with E-state index in [1.165, 1.54) is 21.6 Å². The van der Waals surface area contributed by atoms with Crippen LogP contribution in [0.5, 0.6) is 11.5 Å². The molecule has 0 saturated carbocycles. The molecule has 0 atom stereocenters. The molecule has 0 fully saturated rings. The van der Waals surface area contributed by atoms with Crippen molar-refractivity contribution >= 4 is 44.8 Å². The highest BCUT2D eigenvalue weighted by molar-refractivity contribution is 8.76. The maximum Gasteiger partial charge on any atom is 0.256 e. The van der Waals surface area contributed by atoms with Crippen LogP contribution in [0, 0.1) is 0 Å². The van der Waals surface area contributed by atoms with E-state index in [4.69, 9.17) is 9.47 Å². The van der Waals surface area contributed by atoms with Gasteiger partial charge in [0.1, 0.15) is 11.5 Å². The van der Waals surface area contributed by atoms with Crippen LogP contribution in [-0.2, 0) is 0 Å². The third kappa shape index (κ3) is 8.31. The molecule has 8 heteroatoms. The van der Waals surface area contributed by atoms with Crippen molar-refractivity contribution in [3.63, 3.8) is 0 Å². The monoisotopic (exact) mass is 572 g/mol. The highest BCUT2D eigenvalue weighted by Gasteiger charge is 2.16. The molecule has 4 rings (SSSR count). The number of carbonyl (C=O) groups is 2. The normalized spacial score (nSPS) is 10.6. The molecule has 0 heterocycles. The van der Waals surface area contributed by atoms with Gasteiger partial charge in [-0.3, -0.25) is 9.59 Å². The zero-order chi connectivity index (χ0) is 28.2. The zero-order valence-corrected chi connectivity index (χ0v) is 24.1. The van der Waals surface area contributed by atoms with Gasteiger partial charge >= 0.3 is 0 Å². The lowest BCUT2D eigenvalue weighted by Gasteiger charge is -2.12. The number of amides is 2. The fourth-order valence-electron chi connectivity index (χ4n) is 3.65. The quantitative estimate of drug-likeness (QED) is 0.156. The van der Waals surface area contributed by atoms with E-state index in [-0.39, 0.29) is 11.8 Å². The van der Waals surface area contributed by atoms with Crippen molar-refractivity contribution in [2.75, 3.05) is 23.8 Å². The van der Waals surface area contributed by atoms with Crippen LogP contribution in [0.15, 0.2) is 107 Å². The fraction of sp³-hybridized carbons (Fsp3) is 0.188. The molecule has 0 spiro atoms. The van der Waals surface area contributed by atoms with Crippen molar-refractivity contribution in [2.45, 2.75) is 36.5 Å². The molecule has 0 bridgehead atoms. The van der Waals surface area contributed by atoms with Crippen LogP contribution < -0.4 is 20.1 Å². The summed E-state index contributed by atoms with van der Waals surface area (Å²) in [5, 5.41) is 5.92. The summed E-state index contributed by atoms with van der Waals surface area (Å²) in [5.74, 6) is 1.13. The minimum absolute atomic E-state index is 0.205. The largest absolute Gasteiger partial charge is 0.494 e. The first-order valence-corrected chi connectivity index (χ1v) is 15.3. The molecule has 0 unspecified atom stereocenters. The van der Waals surface area contributed by atoms with Gasteiger partial charge in [-0.15, -0.1) is 0 Å². The summed E-state index contributed by atoms with van der Waals surface area (Å²) < 4.78 is 11.2. The summed E-state index contributed by atoms with van der Waals surface area (Å²) in [6, 6.07) is 29.6. The molecule has 2 amide bonds. The molecule has 40 heavy (non-hydrogen) atoms. The zero-order valence-electron chi connectivity index (χ0n) is 22.5. The average Bonchev–Trinajstić information content (AvgIpc) is 2.99. The standard InChI is InChI=1S/C32H32N2O4S2/c1-3-21-37-25-17-13-23(14-18-25)33-31(35)27-9-5-7-11-29(27)39-40-30-12-8-6-10-28(30)32(36)34-24-15-19-26(20-16-24)38-22-4-2/h5-20H,3-4,21-22H2,1-2H3,(H,33,35)(H,34,36). The molecule has 6 nitrogen and oxygen atoms in total. The number of benzene rings is 4.